The molecule has 11 N–H and O–H groups in total. The van der Waals surface area contributed by atoms with E-state index < -0.39 is 48.4 Å². The molecule has 0 spiro atoms. The maximum Gasteiger partial charge on any atom is 0.305 e. The Morgan fingerprint density at radius 2 is 0.680 bits per heavy atom. The minimum atomic E-state index is -0.752. The number of ether oxygens (including phenoxy) is 2. The molecule has 16 aliphatic carbocycles. The SMILES string of the molecule is CC[C@H]1[C@@H](O)C2C3CC[C@H]([C@H](C)CCC(=O)O)[C@@]3(C)CC(=O)C2[C@@]2(C)CC[C@@H](O)C[C@@H]12.CC[C@H]1[C@@H](O)C2C3CC[C@H]([C@H](C)CCC(=O)O)[C@@]3(C)C[C@@H](O)C2[C@@]2(C)CC[C@@H](O)C[C@@H]12.CC[C@H]1[C@@H](O)C2C3CC[C@H]([C@H](C)CCC(=O)O)[C@@]3(C)C[C@H](O)C2[C@@]2(C)CC[C@@H](O)C[C@@H]12.CC[C@H]1[C@@H](OC(C)=O)C2C3CC[C@H]([C@H](C)CCC(=O)OC)[C@@]3(C)CC(=O)C2[C@@]2(C)CC[C@@H](C)C[C@@H]12. The summed E-state index contributed by atoms with van der Waals surface area (Å²) in [5.74, 6) is 5.45. The van der Waals surface area contributed by atoms with Crippen molar-refractivity contribution < 1.29 is 99.2 Å². The number of ketones is 2. The number of aliphatic carboxylic acids is 3. The van der Waals surface area contributed by atoms with Crippen LogP contribution < -0.4 is 0 Å². The van der Waals surface area contributed by atoms with Crippen LogP contribution in [0.5, 0.6) is 0 Å². The third kappa shape index (κ3) is 17.8. The van der Waals surface area contributed by atoms with Crippen molar-refractivity contribution >= 4 is 41.4 Å². The number of esters is 2. The summed E-state index contributed by atoms with van der Waals surface area (Å²) in [4.78, 5) is 85.6. The van der Waals surface area contributed by atoms with E-state index >= 15 is 0 Å². The molecule has 0 radical (unpaired) electrons. The maximum absolute atomic E-state index is 14.2. The summed E-state index contributed by atoms with van der Waals surface area (Å²) in [5, 5.41) is 117. The Labute approximate surface area is 769 Å². The number of aliphatic hydroxyl groups excluding tert-OH is 8. The van der Waals surface area contributed by atoms with Gasteiger partial charge >= 0.3 is 29.8 Å². The highest BCUT2D eigenvalue weighted by molar-refractivity contribution is 5.85. The summed E-state index contributed by atoms with van der Waals surface area (Å²) < 4.78 is 11.1. The lowest BCUT2D eigenvalue weighted by Crippen LogP contribution is -2.65. The predicted octanol–water partition coefficient (Wildman–Crippen LogP) is 18.7. The average molecular weight is 1800 g/mol. The van der Waals surface area contributed by atoms with Gasteiger partial charge in [-0.15, -0.1) is 0 Å². The van der Waals surface area contributed by atoms with Gasteiger partial charge in [-0.1, -0.05) is 143 Å². The molecule has 16 aliphatic rings. The van der Waals surface area contributed by atoms with Crippen LogP contribution in [0.3, 0.4) is 0 Å². The maximum atomic E-state index is 14.2. The molecule has 12 unspecified atom stereocenters. The summed E-state index contributed by atoms with van der Waals surface area (Å²) in [6.07, 6.45) is 26.2. The van der Waals surface area contributed by atoms with E-state index in [1.807, 2.05) is 0 Å². The van der Waals surface area contributed by atoms with Gasteiger partial charge < -0.3 is 65.6 Å². The Balaban J connectivity index is 0.000000146. The monoisotopic (exact) mass is 1800 g/mol. The number of methoxy groups -OCH3 is 1. The third-order valence-electron chi connectivity index (χ3n) is 43.9. The quantitative estimate of drug-likeness (QED) is 0.0476. The molecule has 20 heteroatoms. The number of carbonyl (C=O) groups excluding carboxylic acids is 4. The fraction of sp³-hybridized carbons (Fsp3) is 0.935. The molecule has 0 heterocycles. The Morgan fingerprint density at radius 1 is 0.375 bits per heavy atom. The Kier molecular flexibility index (Phi) is 31.1. The first-order chi connectivity index (χ1) is 60.1. The minimum absolute atomic E-state index is 0.00149. The highest BCUT2D eigenvalue weighted by atomic mass is 16.5. The first-order valence-corrected chi connectivity index (χ1v) is 52.5. The van der Waals surface area contributed by atoms with Gasteiger partial charge in [0.25, 0.3) is 0 Å². The molecule has 0 bridgehead atoms. The van der Waals surface area contributed by atoms with E-state index in [1.54, 1.807) is 0 Å². The van der Waals surface area contributed by atoms with Crippen molar-refractivity contribution in [1.29, 1.82) is 0 Å². The zero-order valence-corrected chi connectivity index (χ0v) is 82.5. The largest absolute Gasteiger partial charge is 0.481 e. The lowest BCUT2D eigenvalue weighted by molar-refractivity contribution is -0.235. The molecule has 16 rings (SSSR count). The van der Waals surface area contributed by atoms with Crippen molar-refractivity contribution in [3.05, 3.63) is 0 Å². The third-order valence-corrected chi connectivity index (χ3v) is 43.9. The summed E-state index contributed by atoms with van der Waals surface area (Å²) in [5.41, 5.74) is -0.529. The summed E-state index contributed by atoms with van der Waals surface area (Å²) in [6.45, 7) is 40.0. The van der Waals surface area contributed by atoms with E-state index in [0.717, 1.165) is 161 Å². The van der Waals surface area contributed by atoms with Crippen LogP contribution in [-0.4, -0.2) is 160 Å². The van der Waals surface area contributed by atoms with Crippen LogP contribution in [0.2, 0.25) is 0 Å². The molecular formula is C108H178O20. The highest BCUT2D eigenvalue weighted by Gasteiger charge is 2.74. The molecule has 0 saturated heterocycles. The number of fused-ring (bicyclic) bond motifs is 20. The molecule has 730 valence electrons. The number of rotatable bonds is 21. The second kappa shape index (κ2) is 39.1. The van der Waals surface area contributed by atoms with Crippen LogP contribution in [-0.2, 0) is 43.0 Å². The number of Topliss-reactive ketones (excluding diaryl/α,β-unsaturated/α-hetero) is 2. The van der Waals surface area contributed by atoms with Crippen LogP contribution in [0, 0.1) is 215 Å². The van der Waals surface area contributed by atoms with Gasteiger partial charge in [0.2, 0.25) is 0 Å². The molecule has 0 aromatic carbocycles. The van der Waals surface area contributed by atoms with E-state index in [9.17, 15) is 74.4 Å². The molecule has 0 aromatic rings. The Bertz CT molecular complexity index is 3770. The number of hydrogen-bond donors (Lipinski definition) is 11. The van der Waals surface area contributed by atoms with Gasteiger partial charge in [0.05, 0.1) is 55.9 Å². The molecule has 20 nitrogen and oxygen atoms in total. The number of carbonyl (C=O) groups is 7. The van der Waals surface area contributed by atoms with Gasteiger partial charge in [-0.2, -0.15) is 0 Å². The van der Waals surface area contributed by atoms with E-state index in [0.29, 0.717) is 139 Å². The first-order valence-electron chi connectivity index (χ1n) is 52.5. The number of carboxylic acid groups (broad SMARTS) is 3. The van der Waals surface area contributed by atoms with Crippen LogP contribution in [0.25, 0.3) is 0 Å². The van der Waals surface area contributed by atoms with Gasteiger partial charge in [0, 0.05) is 63.2 Å². The lowest BCUT2D eigenvalue weighted by atomic mass is 9.40. The standard InChI is InChI=1S/C30H48O5.2C26H44O5.C26H42O5/c1-8-20-23-15-17(2)13-14-29(23,5)27-24(32)16-30(6)21(18(3)9-12-25(33)34-7)10-11-22(30)26(27)28(20)35-19(4)31;3*1-5-16-19-12-15(27)10-11-25(19,3)23-20(28)13-26(4)17(14(2)6-9-21(29)30)7-8-18(26)22(23)24(16)31/h17-18,20-23,26-28H,8-16H2,1-7H3;2*14-20,22-24,27-28,31H,5-13H2,1-4H3,(H,29,30);14-19,22-24,27,31H,5-13H2,1-4H3,(H,29,30)/t17-,18-,20-,21-,22?,23+,26?,27?,28-,29+,30-;14-,15-,16-,17-,18?,19+,20+,22?,23?,24-,25+,26-;14-,15-,16-,17-,18?,19+,20-,22?,23?,24-,25+,26-;14-,15-,16-,17-,18?,19+,22?,23?,24-,25+,26-/m1111/s1. The van der Waals surface area contributed by atoms with Crippen LogP contribution >= 0.6 is 0 Å². The zero-order valence-electron chi connectivity index (χ0n) is 82.5. The van der Waals surface area contributed by atoms with Gasteiger partial charge in [-0.25, -0.2) is 0 Å². The smallest absolute Gasteiger partial charge is 0.305 e. The number of hydrogen-bond acceptors (Lipinski definition) is 17. The van der Waals surface area contributed by atoms with Crippen molar-refractivity contribution in [2.45, 2.75) is 411 Å². The van der Waals surface area contributed by atoms with E-state index in [2.05, 4.69) is 118 Å². The summed E-state index contributed by atoms with van der Waals surface area (Å²) >= 11 is 0. The second-order valence-electron chi connectivity index (χ2n) is 49.6. The fourth-order valence-corrected chi connectivity index (χ4v) is 38.4. The molecule has 0 aromatic heterocycles. The minimum Gasteiger partial charge on any atom is -0.481 e. The Hall–Kier alpha value is -3.63. The summed E-state index contributed by atoms with van der Waals surface area (Å²) in [6, 6.07) is 0. The van der Waals surface area contributed by atoms with E-state index in [4.69, 9.17) is 24.8 Å². The topological polar surface area (TPSA) is 360 Å². The van der Waals surface area contributed by atoms with Gasteiger partial charge in [0.1, 0.15) is 17.7 Å². The predicted molar refractivity (Wildman–Crippen MR) is 492 cm³/mol. The second-order valence-corrected chi connectivity index (χ2v) is 49.6. The van der Waals surface area contributed by atoms with Crippen LogP contribution in [0.15, 0.2) is 0 Å². The number of aliphatic hydroxyl groups is 8. The first kappa shape index (κ1) is 102. The van der Waals surface area contributed by atoms with Crippen molar-refractivity contribution in [1.82, 2.24) is 0 Å². The summed E-state index contributed by atoms with van der Waals surface area (Å²) in [7, 11) is 1.45. The Morgan fingerprint density at radius 3 is 1.03 bits per heavy atom. The van der Waals surface area contributed by atoms with Gasteiger partial charge in [0.15, 0.2) is 0 Å². The normalized spacial score (nSPS) is 50.2. The molecule has 16 saturated carbocycles. The molecule has 0 amide bonds. The lowest BCUT2D eigenvalue weighted by Gasteiger charge is -2.66. The molecular weight excluding hydrogens is 1620 g/mol. The zero-order chi connectivity index (χ0) is 93.9. The van der Waals surface area contributed by atoms with Gasteiger partial charge in [-0.3, -0.25) is 33.6 Å². The van der Waals surface area contributed by atoms with Crippen LogP contribution in [0.1, 0.15) is 356 Å². The van der Waals surface area contributed by atoms with Crippen molar-refractivity contribution in [3.8, 4) is 0 Å². The number of carboxylic acids is 3. The van der Waals surface area contributed by atoms with E-state index in [-0.39, 0.29) is 188 Å². The van der Waals surface area contributed by atoms with Gasteiger partial charge in [-0.05, 0) is 364 Å². The fourth-order valence-electron chi connectivity index (χ4n) is 38.4. The van der Waals surface area contributed by atoms with E-state index in [1.165, 1.54) is 20.5 Å². The molecule has 0 aliphatic heterocycles. The van der Waals surface area contributed by atoms with Crippen molar-refractivity contribution in [2.75, 3.05) is 7.11 Å². The highest BCUT2D eigenvalue weighted by Crippen LogP contribution is 2.76. The van der Waals surface area contributed by atoms with Crippen molar-refractivity contribution in [2.24, 2.45) is 215 Å². The molecule has 46 atom stereocenters. The average Bonchev–Trinajstić information content (AvgIpc) is 1.28. The van der Waals surface area contributed by atoms with Crippen LogP contribution in [0.4, 0.5) is 0 Å². The molecule has 128 heavy (non-hydrogen) atoms. The molecule has 16 fully saturated rings. The van der Waals surface area contributed by atoms with Crippen molar-refractivity contribution in [3.63, 3.8) is 0 Å².